The lowest BCUT2D eigenvalue weighted by atomic mass is 9.13. The van der Waals surface area contributed by atoms with Crippen LogP contribution >= 0.6 is 0 Å². The molecule has 0 spiro atoms. The van der Waals surface area contributed by atoms with Crippen molar-refractivity contribution in [3.05, 3.63) is 121 Å². The lowest BCUT2D eigenvalue weighted by Gasteiger charge is -2.44. The zero-order valence-corrected chi connectivity index (χ0v) is 21.7. The van der Waals surface area contributed by atoms with Crippen LogP contribution in [-0.4, -0.2) is 47.0 Å². The van der Waals surface area contributed by atoms with Crippen LogP contribution in [0.1, 0.15) is 26.2 Å². The van der Waals surface area contributed by atoms with Crippen LogP contribution in [0.5, 0.6) is 0 Å². The smallest absolute Gasteiger partial charge is 0.265 e. The molecule has 6 rings (SSSR count). The largest absolute Gasteiger partial charge is 0.306 e. The fourth-order valence-corrected chi connectivity index (χ4v) is 6.27. The Morgan fingerprint density at radius 1 is 0.622 bits per heavy atom. The number of hydrogen-bond donors (Lipinski definition) is 0. The quantitative estimate of drug-likeness (QED) is 0.320. The van der Waals surface area contributed by atoms with Crippen molar-refractivity contribution in [3.63, 3.8) is 0 Å². The third-order valence-corrected chi connectivity index (χ3v) is 7.89. The topological polar surface area (TPSA) is 23.3 Å². The highest BCUT2D eigenvalue weighted by Gasteiger charge is 2.33. The molecule has 3 nitrogen and oxygen atoms in total. The lowest BCUT2D eigenvalue weighted by Crippen LogP contribution is -2.74. The molecule has 0 atom stereocenters. The first-order valence-corrected chi connectivity index (χ1v) is 13.5. The minimum Gasteiger partial charge on any atom is -0.265 e. The fourth-order valence-electron chi connectivity index (χ4n) is 6.27. The number of benzene rings is 4. The Morgan fingerprint density at radius 3 is 1.38 bits per heavy atom. The van der Waals surface area contributed by atoms with Crippen molar-refractivity contribution in [2.45, 2.75) is 26.2 Å². The molecule has 0 N–H and O–H groups in total. The molecule has 4 aromatic carbocycles. The standard InChI is InChI=1S/C24H20B.C9H15N2O/c1-5-13-21(14-6-1)25(22-15-7-2-8-16-22,23-17-9-3-10-18-23)24-19-11-4-12-20-24;1-8(12)11-7-3-6-10-5-2-4-9(10)11/h1-20H;2-7H2,1H3/q-1;+1. The van der Waals surface area contributed by atoms with Crippen LogP contribution in [0.4, 0.5) is 0 Å². The first kappa shape index (κ1) is 24.8. The van der Waals surface area contributed by atoms with Crippen molar-refractivity contribution in [1.29, 1.82) is 0 Å². The summed E-state index contributed by atoms with van der Waals surface area (Å²) in [5.41, 5.74) is 5.36. The van der Waals surface area contributed by atoms with Crippen molar-refractivity contribution in [1.82, 2.24) is 4.90 Å². The summed E-state index contributed by atoms with van der Waals surface area (Å²) >= 11 is 0. The van der Waals surface area contributed by atoms with Crippen LogP contribution in [0.2, 0.25) is 0 Å². The molecular formula is C33H35BN2O. The van der Waals surface area contributed by atoms with Gasteiger partial charge in [-0.05, 0) is 6.42 Å². The van der Waals surface area contributed by atoms with Gasteiger partial charge in [0.15, 0.2) is 0 Å². The average Bonchev–Trinajstić information content (AvgIpc) is 3.45. The summed E-state index contributed by atoms with van der Waals surface area (Å²) in [6.45, 7) is 4.90. The second-order valence-electron chi connectivity index (χ2n) is 10.0. The lowest BCUT2D eigenvalue weighted by molar-refractivity contribution is -0.529. The molecule has 2 aliphatic heterocycles. The van der Waals surface area contributed by atoms with E-state index in [0.717, 1.165) is 32.5 Å². The van der Waals surface area contributed by atoms with E-state index in [4.69, 9.17) is 0 Å². The Balaban J connectivity index is 0.000000195. The highest BCUT2D eigenvalue weighted by atomic mass is 16.2. The molecule has 2 aliphatic rings. The van der Waals surface area contributed by atoms with Crippen molar-refractivity contribution in [2.75, 3.05) is 19.6 Å². The maximum atomic E-state index is 11.2. The highest BCUT2D eigenvalue weighted by molar-refractivity contribution is 7.19. The molecule has 0 bridgehead atoms. The van der Waals surface area contributed by atoms with E-state index in [1.54, 1.807) is 6.92 Å². The van der Waals surface area contributed by atoms with Gasteiger partial charge in [0, 0.05) is 13.3 Å². The van der Waals surface area contributed by atoms with Gasteiger partial charge in [-0.15, -0.1) is 0 Å². The van der Waals surface area contributed by atoms with Crippen molar-refractivity contribution in [3.8, 4) is 0 Å². The zero-order chi connectivity index (χ0) is 25.5. The molecule has 0 fully saturated rings. The van der Waals surface area contributed by atoms with Crippen LogP contribution in [0.25, 0.3) is 0 Å². The maximum Gasteiger partial charge on any atom is 0.306 e. The number of amidine groups is 1. The average molecular weight is 486 g/mol. The molecule has 1 amide bonds. The second-order valence-corrected chi connectivity index (χ2v) is 10.0. The third-order valence-electron chi connectivity index (χ3n) is 7.89. The molecule has 0 aromatic heterocycles. The van der Waals surface area contributed by atoms with Gasteiger partial charge in [-0.1, -0.05) is 121 Å². The number of rotatable bonds is 4. The van der Waals surface area contributed by atoms with Gasteiger partial charge in [-0.2, -0.15) is 21.9 Å². The Hall–Kier alpha value is -3.92. The maximum absolute atomic E-state index is 11.2. The van der Waals surface area contributed by atoms with Crippen LogP contribution in [-0.2, 0) is 4.79 Å². The Morgan fingerprint density at radius 2 is 1.00 bits per heavy atom. The first-order chi connectivity index (χ1) is 18.2. The summed E-state index contributed by atoms with van der Waals surface area (Å²) in [6, 6.07) is 43.5. The minimum atomic E-state index is -1.22. The number of hydrogen-bond acceptors (Lipinski definition) is 1. The predicted octanol–water partition coefficient (Wildman–Crippen LogP) is 3.51. The molecule has 2 heterocycles. The molecule has 4 aromatic rings. The monoisotopic (exact) mass is 486 g/mol. The summed E-state index contributed by atoms with van der Waals surface area (Å²) in [4.78, 5) is 13.2. The van der Waals surface area contributed by atoms with Gasteiger partial charge in [0.25, 0.3) is 5.84 Å². The molecule has 0 radical (unpaired) electrons. The van der Waals surface area contributed by atoms with Gasteiger partial charge in [0.1, 0.15) is 6.15 Å². The van der Waals surface area contributed by atoms with Gasteiger partial charge in [0.2, 0.25) is 0 Å². The van der Waals surface area contributed by atoms with Gasteiger partial charge in [-0.3, -0.25) is 4.58 Å². The first-order valence-electron chi connectivity index (χ1n) is 13.5. The SMILES string of the molecule is CC(=O)N1CCC[N+]2=C1CCC2.c1ccc([B-](c2ccccc2)(c2ccccc2)c2ccccc2)cc1. The molecule has 186 valence electrons. The number of nitrogens with zero attached hydrogens (tertiary/aromatic N) is 2. The van der Waals surface area contributed by atoms with E-state index in [2.05, 4.69) is 126 Å². The van der Waals surface area contributed by atoms with Crippen molar-refractivity contribution >= 4 is 39.7 Å². The third kappa shape index (κ3) is 5.02. The van der Waals surface area contributed by atoms with Gasteiger partial charge >= 0.3 is 5.91 Å². The summed E-state index contributed by atoms with van der Waals surface area (Å²) < 4.78 is 2.35. The normalized spacial score (nSPS) is 15.0. The van der Waals surface area contributed by atoms with Crippen LogP contribution in [0.15, 0.2) is 121 Å². The van der Waals surface area contributed by atoms with Crippen molar-refractivity contribution in [2.24, 2.45) is 0 Å². The van der Waals surface area contributed by atoms with E-state index in [-0.39, 0.29) is 5.91 Å². The number of carbonyl (C=O) groups excluding carboxylic acids is 1. The molecule has 0 unspecified atom stereocenters. The van der Waals surface area contributed by atoms with Crippen LogP contribution in [0, 0.1) is 0 Å². The van der Waals surface area contributed by atoms with Gasteiger partial charge < -0.3 is 0 Å². The summed E-state index contributed by atoms with van der Waals surface area (Å²) in [6.07, 6.45) is 2.23. The zero-order valence-electron chi connectivity index (χ0n) is 21.7. The molecular weight excluding hydrogens is 451 g/mol. The van der Waals surface area contributed by atoms with E-state index >= 15 is 0 Å². The highest BCUT2D eigenvalue weighted by Crippen LogP contribution is 2.14. The molecule has 0 aliphatic carbocycles. The molecule has 4 heteroatoms. The summed E-state index contributed by atoms with van der Waals surface area (Å²) in [7, 11) is 0. The fraction of sp³-hybridized carbons (Fsp3) is 0.212. The molecule has 37 heavy (non-hydrogen) atoms. The predicted molar refractivity (Wildman–Crippen MR) is 156 cm³/mol. The Labute approximate surface area is 221 Å². The Bertz CT molecular complexity index is 1170. The van der Waals surface area contributed by atoms with Crippen LogP contribution in [0.3, 0.4) is 0 Å². The Kier molecular flexibility index (Phi) is 7.65. The second kappa shape index (κ2) is 11.4. The minimum absolute atomic E-state index is 0.205. The van der Waals surface area contributed by atoms with Crippen molar-refractivity contribution < 1.29 is 9.37 Å². The molecule has 0 saturated heterocycles. The van der Waals surface area contributed by atoms with Crippen LogP contribution < -0.4 is 21.9 Å². The van der Waals surface area contributed by atoms with Gasteiger partial charge in [0.05, 0.1) is 26.1 Å². The van der Waals surface area contributed by atoms with E-state index in [9.17, 15) is 4.79 Å². The van der Waals surface area contributed by atoms with E-state index < -0.39 is 6.15 Å². The molecule has 0 saturated carbocycles. The summed E-state index contributed by atoms with van der Waals surface area (Å²) in [5.74, 6) is 1.48. The van der Waals surface area contributed by atoms with E-state index in [1.165, 1.54) is 34.1 Å². The van der Waals surface area contributed by atoms with Gasteiger partial charge in [-0.25, -0.2) is 9.69 Å². The number of amides is 1. The summed E-state index contributed by atoms with van der Waals surface area (Å²) in [5, 5.41) is 0. The number of carbonyl (C=O) groups is 1. The van der Waals surface area contributed by atoms with E-state index in [1.807, 2.05) is 4.90 Å². The van der Waals surface area contributed by atoms with E-state index in [0.29, 0.717) is 0 Å².